The maximum atomic E-state index is 14.2. The van der Waals surface area contributed by atoms with E-state index in [1.165, 1.54) is 18.9 Å². The second-order valence-corrected chi connectivity index (χ2v) is 14.3. The fourth-order valence-corrected chi connectivity index (χ4v) is 8.33. The molecule has 4 aliphatic rings. The summed E-state index contributed by atoms with van der Waals surface area (Å²) in [7, 11) is 2.17. The second kappa shape index (κ2) is 13.9. The molecule has 12 nitrogen and oxygen atoms in total. The summed E-state index contributed by atoms with van der Waals surface area (Å²) in [6.07, 6.45) is 3.97. The highest BCUT2D eigenvalue weighted by molar-refractivity contribution is 5.92. The maximum absolute atomic E-state index is 14.2. The largest absolute Gasteiger partial charge is 0.436 e. The number of amides is 4. The van der Waals surface area contributed by atoms with E-state index in [1.54, 1.807) is 21.9 Å². The number of aromatic nitrogens is 2. The molecule has 5 heterocycles. The monoisotopic (exact) mass is 675 g/mol. The number of aryl methyl sites for hydroxylation is 1. The summed E-state index contributed by atoms with van der Waals surface area (Å²) in [6, 6.07) is 8.05. The highest BCUT2D eigenvalue weighted by Gasteiger charge is 2.37. The molecule has 4 amide bonds. The number of aromatic amines is 2. The molecule has 3 fully saturated rings. The van der Waals surface area contributed by atoms with Crippen LogP contribution in [0.2, 0.25) is 0 Å². The number of carbonyl (C=O) groups excluding carboxylic acids is 3. The van der Waals surface area contributed by atoms with E-state index in [1.807, 2.05) is 24.0 Å². The van der Waals surface area contributed by atoms with Crippen molar-refractivity contribution in [2.75, 3.05) is 51.6 Å². The van der Waals surface area contributed by atoms with E-state index >= 15 is 0 Å². The lowest BCUT2D eigenvalue weighted by Crippen LogP contribution is -2.52. The average Bonchev–Trinajstić information content (AvgIpc) is 3.49. The number of nitrogens with zero attached hydrogens (tertiary/aromatic N) is 4. The molecule has 4 aliphatic heterocycles. The summed E-state index contributed by atoms with van der Waals surface area (Å²) >= 11 is 0. The minimum atomic E-state index is -1.02. The second-order valence-electron chi connectivity index (χ2n) is 14.3. The van der Waals surface area contributed by atoms with Gasteiger partial charge in [-0.05, 0) is 106 Å². The van der Waals surface area contributed by atoms with Crippen LogP contribution in [0.15, 0.2) is 35.1 Å². The standard InChI is InChI=1S/C36H46FN7O5/c1-22-18-23(19-29-31(22)39-34(46)38-29)20-30(33(45)42-14-8-25(9-15-42)24-6-12-41(2)13-7-24)49-36(48)43-16-10-27(11-17-43)44-21-26-4-3-5-28(37)32(26)40-35(44)47/h3-5,18-19,24-25,27,30H,6-17,20-21H2,1-2H3,(H,40,47)(H2,38,39,46). The quantitative estimate of drug-likeness (QED) is 0.354. The number of hydrogen-bond acceptors (Lipinski definition) is 6. The van der Waals surface area contributed by atoms with Crippen molar-refractivity contribution in [3.63, 3.8) is 0 Å². The molecule has 0 spiro atoms. The third-order valence-corrected chi connectivity index (χ3v) is 11.2. The molecule has 1 atom stereocenters. The number of likely N-dealkylation sites (tertiary alicyclic amines) is 3. The van der Waals surface area contributed by atoms with E-state index in [0.29, 0.717) is 68.4 Å². The number of benzene rings is 2. The van der Waals surface area contributed by atoms with Gasteiger partial charge in [0, 0.05) is 45.2 Å². The first kappa shape index (κ1) is 33.1. The Hall–Kier alpha value is -4.39. The third kappa shape index (κ3) is 7.03. The summed E-state index contributed by atoms with van der Waals surface area (Å²) in [5.41, 5.74) is 3.65. The number of urea groups is 1. The van der Waals surface area contributed by atoms with Crippen LogP contribution in [0.25, 0.3) is 11.0 Å². The smallest absolute Gasteiger partial charge is 0.410 e. The number of hydrogen-bond donors (Lipinski definition) is 3. The molecular weight excluding hydrogens is 629 g/mol. The highest BCUT2D eigenvalue weighted by Crippen LogP contribution is 2.33. The molecule has 0 saturated carbocycles. The first-order valence-electron chi connectivity index (χ1n) is 17.6. The van der Waals surface area contributed by atoms with Crippen LogP contribution in [0.1, 0.15) is 55.2 Å². The van der Waals surface area contributed by atoms with Gasteiger partial charge in [-0.15, -0.1) is 0 Å². The Morgan fingerprint density at radius 3 is 2.31 bits per heavy atom. The number of H-pyrrole nitrogens is 2. The van der Waals surface area contributed by atoms with Crippen molar-refractivity contribution in [3.8, 4) is 0 Å². The Labute approximate surface area is 284 Å². The van der Waals surface area contributed by atoms with Crippen LogP contribution in [0, 0.1) is 24.6 Å². The summed E-state index contributed by atoms with van der Waals surface area (Å²) in [5.74, 6) is 0.645. The van der Waals surface area contributed by atoms with E-state index in [0.717, 1.165) is 42.6 Å². The Morgan fingerprint density at radius 2 is 1.59 bits per heavy atom. The number of halogens is 1. The van der Waals surface area contributed by atoms with Crippen LogP contribution in [-0.4, -0.2) is 106 Å². The molecule has 3 N–H and O–H groups in total. The lowest BCUT2D eigenvalue weighted by Gasteiger charge is -2.41. The molecule has 1 unspecified atom stereocenters. The zero-order valence-corrected chi connectivity index (χ0v) is 28.3. The number of nitrogens with one attached hydrogen (secondary N) is 3. The number of ether oxygens (including phenoxy) is 1. The number of para-hydroxylation sites is 1. The third-order valence-electron chi connectivity index (χ3n) is 11.2. The number of fused-ring (bicyclic) bond motifs is 2. The number of imidazole rings is 1. The van der Waals surface area contributed by atoms with E-state index in [-0.39, 0.29) is 35.8 Å². The van der Waals surface area contributed by atoms with Crippen LogP contribution in [0.3, 0.4) is 0 Å². The van der Waals surface area contributed by atoms with Crippen molar-refractivity contribution in [2.24, 2.45) is 11.8 Å². The van der Waals surface area contributed by atoms with E-state index < -0.39 is 18.0 Å². The predicted molar refractivity (Wildman–Crippen MR) is 183 cm³/mol. The summed E-state index contributed by atoms with van der Waals surface area (Å²) in [4.78, 5) is 65.8. The van der Waals surface area contributed by atoms with Crippen molar-refractivity contribution in [1.82, 2.24) is 29.6 Å². The van der Waals surface area contributed by atoms with Gasteiger partial charge in [0.2, 0.25) is 0 Å². The van der Waals surface area contributed by atoms with Gasteiger partial charge in [-0.25, -0.2) is 18.8 Å². The normalized spacial score (nSPS) is 20.7. The van der Waals surface area contributed by atoms with Crippen LogP contribution in [0.5, 0.6) is 0 Å². The zero-order valence-electron chi connectivity index (χ0n) is 28.3. The van der Waals surface area contributed by atoms with Crippen molar-refractivity contribution in [2.45, 2.75) is 70.6 Å². The molecule has 2 aromatic carbocycles. The topological polar surface area (TPSA) is 134 Å². The van der Waals surface area contributed by atoms with Gasteiger partial charge in [0.15, 0.2) is 6.10 Å². The summed E-state index contributed by atoms with van der Waals surface area (Å²) in [6.45, 7) is 6.45. The number of piperidine rings is 3. The molecule has 3 saturated heterocycles. The predicted octanol–water partition coefficient (Wildman–Crippen LogP) is 4.44. The Bertz CT molecular complexity index is 1770. The minimum Gasteiger partial charge on any atom is -0.436 e. The van der Waals surface area contributed by atoms with Gasteiger partial charge in [0.25, 0.3) is 5.91 Å². The van der Waals surface area contributed by atoms with Gasteiger partial charge in [-0.1, -0.05) is 18.2 Å². The maximum Gasteiger partial charge on any atom is 0.410 e. The molecule has 0 radical (unpaired) electrons. The van der Waals surface area contributed by atoms with Crippen molar-refractivity contribution in [1.29, 1.82) is 0 Å². The minimum absolute atomic E-state index is 0.123. The average molecular weight is 676 g/mol. The molecule has 7 rings (SSSR count). The number of anilines is 1. The van der Waals surface area contributed by atoms with Crippen LogP contribution < -0.4 is 11.0 Å². The molecule has 3 aromatic rings. The highest BCUT2D eigenvalue weighted by atomic mass is 19.1. The van der Waals surface area contributed by atoms with E-state index in [9.17, 15) is 23.6 Å². The van der Waals surface area contributed by atoms with Gasteiger partial charge in [0.05, 0.1) is 16.7 Å². The Morgan fingerprint density at radius 1 is 0.918 bits per heavy atom. The molecular formula is C36H46FN7O5. The van der Waals surface area contributed by atoms with Gasteiger partial charge in [-0.2, -0.15) is 0 Å². The molecule has 13 heteroatoms. The van der Waals surface area contributed by atoms with Gasteiger partial charge in [-0.3, -0.25) is 4.79 Å². The molecule has 0 aliphatic carbocycles. The van der Waals surface area contributed by atoms with Crippen molar-refractivity contribution < 1.29 is 23.5 Å². The van der Waals surface area contributed by atoms with Crippen LogP contribution >= 0.6 is 0 Å². The lowest BCUT2D eigenvalue weighted by molar-refractivity contribution is -0.142. The van der Waals surface area contributed by atoms with Crippen molar-refractivity contribution >= 4 is 34.8 Å². The van der Waals surface area contributed by atoms with Gasteiger partial charge < -0.3 is 39.6 Å². The van der Waals surface area contributed by atoms with E-state index in [4.69, 9.17) is 4.74 Å². The van der Waals surface area contributed by atoms with Crippen LogP contribution in [-0.2, 0) is 22.5 Å². The Kier molecular flexibility index (Phi) is 9.36. The summed E-state index contributed by atoms with van der Waals surface area (Å²) < 4.78 is 20.3. The SMILES string of the molecule is Cc1cc(CC(OC(=O)N2CCC(N3Cc4cccc(F)c4NC3=O)CC2)C(=O)N2CCC(C3CCN(C)CC3)CC2)cc2[nH]c(=O)[nH]c12. The fourth-order valence-electron chi connectivity index (χ4n) is 8.33. The van der Waals surface area contributed by atoms with Crippen molar-refractivity contribution in [3.05, 3.63) is 63.3 Å². The summed E-state index contributed by atoms with van der Waals surface area (Å²) in [5, 5.41) is 2.68. The molecule has 49 heavy (non-hydrogen) atoms. The zero-order chi connectivity index (χ0) is 34.2. The molecule has 262 valence electrons. The molecule has 0 bridgehead atoms. The van der Waals surface area contributed by atoms with E-state index in [2.05, 4.69) is 27.2 Å². The lowest BCUT2D eigenvalue weighted by atomic mass is 9.79. The number of rotatable bonds is 6. The fraction of sp³-hybridized carbons (Fsp3) is 0.556. The number of carbonyl (C=O) groups is 3. The first-order chi connectivity index (χ1) is 23.6. The first-order valence-corrected chi connectivity index (χ1v) is 17.6. The van der Waals surface area contributed by atoms with Crippen LogP contribution in [0.4, 0.5) is 19.7 Å². The van der Waals surface area contributed by atoms with Gasteiger partial charge in [0.1, 0.15) is 5.82 Å². The molecule has 1 aromatic heterocycles. The van der Waals surface area contributed by atoms with Gasteiger partial charge >= 0.3 is 17.8 Å². The Balaban J connectivity index is 1.02.